The summed E-state index contributed by atoms with van der Waals surface area (Å²) < 4.78 is 17.0. The Kier molecular flexibility index (Phi) is 5.17. The highest BCUT2D eigenvalue weighted by molar-refractivity contribution is 7.99. The standard InChI is InChI=1S/C19H15N3O6S/c1-11-6-7-12(8-13(11)22(24)25)14(23)10-29-19-21-20-18(28-19)17-9-26-15-4-2-3-5-16(15)27-17/h2-8,17H,9-10H2,1H3/t17-/m0/s1. The number of aromatic nitrogens is 2. The van der Waals surface area contributed by atoms with Gasteiger partial charge in [-0.15, -0.1) is 10.2 Å². The lowest BCUT2D eigenvalue weighted by Gasteiger charge is -2.23. The molecule has 1 atom stereocenters. The normalized spacial score (nSPS) is 15.1. The molecule has 0 spiro atoms. The van der Waals surface area contributed by atoms with E-state index in [1.807, 2.05) is 18.2 Å². The quantitative estimate of drug-likeness (QED) is 0.257. The van der Waals surface area contributed by atoms with Gasteiger partial charge in [-0.05, 0) is 19.1 Å². The van der Waals surface area contributed by atoms with Crippen LogP contribution in [0, 0.1) is 17.0 Å². The molecule has 2 heterocycles. The first kappa shape index (κ1) is 18.9. The third-order valence-corrected chi connectivity index (χ3v) is 5.08. The predicted octanol–water partition coefficient (Wildman–Crippen LogP) is 3.77. The number of carbonyl (C=O) groups excluding carboxylic acids is 1. The fourth-order valence-electron chi connectivity index (χ4n) is 2.74. The molecule has 29 heavy (non-hydrogen) atoms. The summed E-state index contributed by atoms with van der Waals surface area (Å²) >= 11 is 1.06. The number of para-hydroxylation sites is 2. The van der Waals surface area contributed by atoms with Gasteiger partial charge in [0.25, 0.3) is 16.8 Å². The van der Waals surface area contributed by atoms with Crippen molar-refractivity contribution in [3.63, 3.8) is 0 Å². The fraction of sp³-hybridized carbons (Fsp3) is 0.211. The van der Waals surface area contributed by atoms with E-state index in [9.17, 15) is 14.9 Å². The van der Waals surface area contributed by atoms with Crippen LogP contribution in [0.2, 0.25) is 0 Å². The van der Waals surface area contributed by atoms with Crippen molar-refractivity contribution in [2.45, 2.75) is 18.3 Å². The third kappa shape index (κ3) is 4.06. The number of ether oxygens (including phenoxy) is 2. The van der Waals surface area contributed by atoms with Gasteiger partial charge < -0.3 is 13.9 Å². The first-order chi connectivity index (χ1) is 14.0. The predicted molar refractivity (Wildman–Crippen MR) is 102 cm³/mol. The van der Waals surface area contributed by atoms with Crippen molar-refractivity contribution in [3.05, 3.63) is 69.6 Å². The number of hydrogen-bond acceptors (Lipinski definition) is 9. The molecule has 1 aromatic heterocycles. The summed E-state index contributed by atoms with van der Waals surface area (Å²) in [6.07, 6.45) is -0.540. The van der Waals surface area contributed by atoms with Gasteiger partial charge >= 0.3 is 0 Å². The lowest BCUT2D eigenvalue weighted by molar-refractivity contribution is -0.385. The van der Waals surface area contributed by atoms with E-state index in [1.165, 1.54) is 6.07 Å². The van der Waals surface area contributed by atoms with Crippen LogP contribution < -0.4 is 9.47 Å². The van der Waals surface area contributed by atoms with Gasteiger partial charge in [0, 0.05) is 17.2 Å². The van der Waals surface area contributed by atoms with Gasteiger partial charge in [-0.3, -0.25) is 14.9 Å². The summed E-state index contributed by atoms with van der Waals surface area (Å²) in [5.74, 6) is 1.22. The van der Waals surface area contributed by atoms with E-state index in [1.54, 1.807) is 25.1 Å². The van der Waals surface area contributed by atoms with E-state index >= 15 is 0 Å². The maximum Gasteiger partial charge on any atom is 0.277 e. The summed E-state index contributed by atoms with van der Waals surface area (Å²) in [6, 6.07) is 11.7. The van der Waals surface area contributed by atoms with Crippen molar-refractivity contribution in [3.8, 4) is 11.5 Å². The Morgan fingerprint density at radius 3 is 2.83 bits per heavy atom. The minimum atomic E-state index is -0.540. The summed E-state index contributed by atoms with van der Waals surface area (Å²) in [5.41, 5.74) is 0.669. The minimum absolute atomic E-state index is 0.00665. The number of hydrogen-bond donors (Lipinski definition) is 0. The highest BCUT2D eigenvalue weighted by Crippen LogP contribution is 2.36. The van der Waals surface area contributed by atoms with Gasteiger partial charge in [-0.1, -0.05) is 36.0 Å². The van der Waals surface area contributed by atoms with E-state index in [-0.39, 0.29) is 40.5 Å². The molecule has 0 radical (unpaired) electrons. The number of carbonyl (C=O) groups is 1. The molecule has 0 N–H and O–H groups in total. The third-order valence-electron chi connectivity index (χ3n) is 4.26. The van der Waals surface area contributed by atoms with E-state index < -0.39 is 11.0 Å². The van der Waals surface area contributed by atoms with E-state index in [0.29, 0.717) is 17.1 Å². The summed E-state index contributed by atoms with van der Waals surface area (Å²) in [7, 11) is 0. The number of aryl methyl sites for hydroxylation is 1. The first-order valence-corrected chi connectivity index (χ1v) is 9.63. The second-order valence-electron chi connectivity index (χ2n) is 6.24. The summed E-state index contributed by atoms with van der Waals surface area (Å²) in [5, 5.41) is 19.1. The molecule has 9 nitrogen and oxygen atoms in total. The zero-order chi connectivity index (χ0) is 20.4. The number of ketones is 1. The average Bonchev–Trinajstić information content (AvgIpc) is 3.21. The van der Waals surface area contributed by atoms with Crippen molar-refractivity contribution in [1.82, 2.24) is 10.2 Å². The number of Topliss-reactive ketones (excluding diaryl/α,β-unsaturated/α-hetero) is 1. The summed E-state index contributed by atoms with van der Waals surface area (Å²) in [4.78, 5) is 22.9. The van der Waals surface area contributed by atoms with Crippen LogP contribution in [-0.2, 0) is 0 Å². The highest BCUT2D eigenvalue weighted by atomic mass is 32.2. The van der Waals surface area contributed by atoms with Crippen LogP contribution in [0.1, 0.15) is 27.9 Å². The van der Waals surface area contributed by atoms with Crippen molar-refractivity contribution in [2.24, 2.45) is 0 Å². The molecule has 1 aliphatic rings. The zero-order valence-electron chi connectivity index (χ0n) is 15.2. The van der Waals surface area contributed by atoms with Crippen molar-refractivity contribution >= 4 is 23.2 Å². The number of nitrogens with zero attached hydrogens (tertiary/aromatic N) is 3. The van der Waals surface area contributed by atoms with Crippen molar-refractivity contribution in [2.75, 3.05) is 12.4 Å². The molecule has 1 aliphatic heterocycles. The van der Waals surface area contributed by atoms with Crippen LogP contribution in [-0.4, -0.2) is 33.3 Å². The summed E-state index contributed by atoms with van der Waals surface area (Å²) in [6.45, 7) is 1.85. The molecule has 0 saturated heterocycles. The Hall–Kier alpha value is -3.40. The van der Waals surface area contributed by atoms with E-state index in [2.05, 4.69) is 10.2 Å². The Bertz CT molecular complexity index is 1080. The molecule has 0 aliphatic carbocycles. The van der Waals surface area contributed by atoms with Crippen LogP contribution >= 0.6 is 11.8 Å². The number of nitro benzene ring substituents is 1. The molecule has 3 aromatic rings. The number of nitro groups is 1. The fourth-order valence-corrected chi connectivity index (χ4v) is 3.40. The number of rotatable bonds is 6. The van der Waals surface area contributed by atoms with Gasteiger partial charge in [0.2, 0.25) is 6.10 Å². The van der Waals surface area contributed by atoms with Crippen LogP contribution in [0.25, 0.3) is 0 Å². The van der Waals surface area contributed by atoms with Gasteiger partial charge in [-0.25, -0.2) is 0 Å². The Morgan fingerprint density at radius 2 is 2.03 bits per heavy atom. The number of benzene rings is 2. The Labute approximate surface area is 169 Å². The Morgan fingerprint density at radius 1 is 1.24 bits per heavy atom. The van der Waals surface area contributed by atoms with Gasteiger partial charge in [-0.2, -0.15) is 0 Å². The molecule has 10 heteroatoms. The topological polar surface area (TPSA) is 118 Å². The Balaban J connectivity index is 1.39. The smallest absolute Gasteiger partial charge is 0.277 e. The molecular weight excluding hydrogens is 398 g/mol. The molecule has 0 fully saturated rings. The lowest BCUT2D eigenvalue weighted by atomic mass is 10.1. The van der Waals surface area contributed by atoms with Crippen molar-refractivity contribution in [1.29, 1.82) is 0 Å². The highest BCUT2D eigenvalue weighted by Gasteiger charge is 2.27. The molecule has 4 rings (SSSR count). The second kappa shape index (κ2) is 7.92. The molecule has 0 bridgehead atoms. The maximum absolute atomic E-state index is 12.4. The molecule has 2 aromatic carbocycles. The lowest BCUT2D eigenvalue weighted by Crippen LogP contribution is -2.21. The van der Waals surface area contributed by atoms with Gasteiger partial charge in [0.1, 0.15) is 6.61 Å². The average molecular weight is 413 g/mol. The van der Waals surface area contributed by atoms with Crippen LogP contribution in [0.5, 0.6) is 11.5 Å². The minimum Gasteiger partial charge on any atom is -0.485 e. The molecule has 0 saturated carbocycles. The zero-order valence-corrected chi connectivity index (χ0v) is 16.0. The SMILES string of the molecule is Cc1ccc(C(=O)CSc2nnc([C@@H]3COc4ccccc4O3)o2)cc1[N+](=O)[O-]. The van der Waals surface area contributed by atoms with Crippen LogP contribution in [0.15, 0.2) is 52.1 Å². The molecular formula is C19H15N3O6S. The number of thioether (sulfide) groups is 1. The largest absolute Gasteiger partial charge is 0.485 e. The van der Waals surface area contributed by atoms with Crippen LogP contribution in [0.3, 0.4) is 0 Å². The molecule has 0 unspecified atom stereocenters. The first-order valence-electron chi connectivity index (χ1n) is 8.64. The second-order valence-corrected chi connectivity index (χ2v) is 7.17. The van der Waals surface area contributed by atoms with Crippen LogP contribution in [0.4, 0.5) is 5.69 Å². The molecule has 0 amide bonds. The maximum atomic E-state index is 12.4. The van der Waals surface area contributed by atoms with E-state index in [4.69, 9.17) is 13.9 Å². The van der Waals surface area contributed by atoms with E-state index in [0.717, 1.165) is 11.8 Å². The monoisotopic (exact) mass is 413 g/mol. The number of fused-ring (bicyclic) bond motifs is 1. The molecule has 148 valence electrons. The van der Waals surface area contributed by atoms with Crippen molar-refractivity contribution < 1.29 is 23.6 Å². The van der Waals surface area contributed by atoms with Gasteiger partial charge in [0.05, 0.1) is 10.7 Å². The van der Waals surface area contributed by atoms with Gasteiger partial charge in [0.15, 0.2) is 17.3 Å².